The average Bonchev–Trinajstić information content (AvgIpc) is 2.82. The fourth-order valence-electron chi connectivity index (χ4n) is 2.88. The number of hydrogen-bond acceptors (Lipinski definition) is 6. The maximum absolute atomic E-state index is 12.5. The van der Waals surface area contributed by atoms with Crippen LogP contribution in [0.1, 0.15) is 5.56 Å². The van der Waals surface area contributed by atoms with Crippen LogP contribution in [0.4, 0.5) is 5.69 Å². The summed E-state index contributed by atoms with van der Waals surface area (Å²) in [6.45, 7) is -0.179. The summed E-state index contributed by atoms with van der Waals surface area (Å²) in [7, 11) is -0.760. The number of anilines is 1. The van der Waals surface area contributed by atoms with Crippen molar-refractivity contribution in [2.75, 3.05) is 26.1 Å². The van der Waals surface area contributed by atoms with Gasteiger partial charge in [-0.1, -0.05) is 41.9 Å². The van der Waals surface area contributed by atoms with E-state index in [1.807, 2.05) is 30.3 Å². The van der Waals surface area contributed by atoms with E-state index in [2.05, 4.69) is 10.0 Å². The third kappa shape index (κ3) is 6.61. The quantitative estimate of drug-likeness (QED) is 0.447. The zero-order chi connectivity index (χ0) is 23.8. The lowest BCUT2D eigenvalue weighted by Gasteiger charge is -2.12. The number of carbonyl (C=O) groups excluding carboxylic acids is 1. The third-order valence-electron chi connectivity index (χ3n) is 4.55. The molecule has 174 valence electrons. The number of carbonyl (C=O) groups is 1. The molecule has 0 radical (unpaired) electrons. The van der Waals surface area contributed by atoms with Crippen LogP contribution in [0.15, 0.2) is 71.6 Å². The molecular formula is C23H23ClN2O6S. The van der Waals surface area contributed by atoms with E-state index in [1.165, 1.54) is 32.4 Å². The molecule has 0 spiro atoms. The summed E-state index contributed by atoms with van der Waals surface area (Å²) in [5.41, 5.74) is 1.32. The number of rotatable bonds is 10. The first kappa shape index (κ1) is 24.4. The molecule has 0 fully saturated rings. The minimum absolute atomic E-state index is 0.00874. The van der Waals surface area contributed by atoms with E-state index in [-0.39, 0.29) is 28.8 Å². The van der Waals surface area contributed by atoms with Gasteiger partial charge in [0.25, 0.3) is 5.91 Å². The second-order valence-electron chi connectivity index (χ2n) is 6.81. The lowest BCUT2D eigenvalue weighted by Crippen LogP contribution is -2.23. The topological polar surface area (TPSA) is 103 Å². The van der Waals surface area contributed by atoms with Gasteiger partial charge in [0.1, 0.15) is 5.75 Å². The third-order valence-corrected chi connectivity index (χ3v) is 6.24. The number of halogens is 1. The highest BCUT2D eigenvalue weighted by Crippen LogP contribution is 2.30. The van der Waals surface area contributed by atoms with E-state index in [0.29, 0.717) is 17.2 Å². The molecule has 0 atom stereocenters. The number of hydrogen-bond donors (Lipinski definition) is 2. The summed E-state index contributed by atoms with van der Waals surface area (Å²) < 4.78 is 43.4. The molecule has 8 nitrogen and oxygen atoms in total. The van der Waals surface area contributed by atoms with Crippen molar-refractivity contribution in [3.8, 4) is 17.2 Å². The lowest BCUT2D eigenvalue weighted by molar-refractivity contribution is -0.118. The van der Waals surface area contributed by atoms with Crippen LogP contribution in [0, 0.1) is 0 Å². The van der Waals surface area contributed by atoms with Gasteiger partial charge in [-0.15, -0.1) is 0 Å². The van der Waals surface area contributed by atoms with Crippen molar-refractivity contribution >= 4 is 33.2 Å². The van der Waals surface area contributed by atoms with E-state index in [4.69, 9.17) is 25.8 Å². The summed E-state index contributed by atoms with van der Waals surface area (Å²) in [6.07, 6.45) is 0. The Morgan fingerprint density at radius 2 is 1.61 bits per heavy atom. The molecule has 0 heterocycles. The molecule has 0 aliphatic heterocycles. The average molecular weight is 491 g/mol. The Balaban J connectivity index is 1.59. The molecule has 33 heavy (non-hydrogen) atoms. The fourth-order valence-corrected chi connectivity index (χ4v) is 4.22. The van der Waals surface area contributed by atoms with Crippen molar-refractivity contribution in [3.05, 3.63) is 77.3 Å². The van der Waals surface area contributed by atoms with Gasteiger partial charge < -0.3 is 19.5 Å². The Morgan fingerprint density at radius 1 is 0.909 bits per heavy atom. The summed E-state index contributed by atoms with van der Waals surface area (Å²) >= 11 is 6.19. The van der Waals surface area contributed by atoms with Crippen molar-refractivity contribution in [1.29, 1.82) is 0 Å². The molecule has 0 aromatic heterocycles. The van der Waals surface area contributed by atoms with Crippen LogP contribution >= 0.6 is 11.6 Å². The largest absolute Gasteiger partial charge is 0.493 e. The summed E-state index contributed by atoms with van der Waals surface area (Å²) in [5, 5.41) is 2.74. The maximum atomic E-state index is 12.5. The lowest BCUT2D eigenvalue weighted by atomic mass is 10.2. The van der Waals surface area contributed by atoms with Gasteiger partial charge in [-0.25, -0.2) is 13.1 Å². The fraction of sp³-hybridized carbons (Fsp3) is 0.174. The summed E-state index contributed by atoms with van der Waals surface area (Å²) in [4.78, 5) is 12.2. The minimum atomic E-state index is -3.77. The number of ether oxygens (including phenoxy) is 3. The zero-order valence-electron chi connectivity index (χ0n) is 18.0. The number of sulfonamides is 1. The molecule has 3 aromatic rings. The van der Waals surface area contributed by atoms with Gasteiger partial charge in [0.05, 0.1) is 24.1 Å². The highest BCUT2D eigenvalue weighted by atomic mass is 35.5. The molecule has 0 unspecified atom stereocenters. The molecule has 0 aliphatic rings. The molecule has 2 N–H and O–H groups in total. The van der Waals surface area contributed by atoms with Crippen molar-refractivity contribution in [2.45, 2.75) is 11.4 Å². The van der Waals surface area contributed by atoms with Gasteiger partial charge in [0.15, 0.2) is 18.1 Å². The molecule has 0 aliphatic carbocycles. The second-order valence-corrected chi connectivity index (χ2v) is 8.98. The predicted molar refractivity (Wildman–Crippen MR) is 126 cm³/mol. The maximum Gasteiger partial charge on any atom is 0.262 e. The molecule has 0 bridgehead atoms. The Morgan fingerprint density at radius 3 is 2.27 bits per heavy atom. The van der Waals surface area contributed by atoms with Crippen molar-refractivity contribution < 1.29 is 27.4 Å². The van der Waals surface area contributed by atoms with Crippen LogP contribution in [0.2, 0.25) is 5.02 Å². The van der Waals surface area contributed by atoms with E-state index in [1.54, 1.807) is 18.2 Å². The van der Waals surface area contributed by atoms with Crippen LogP contribution in [-0.4, -0.2) is 35.2 Å². The van der Waals surface area contributed by atoms with Crippen molar-refractivity contribution in [1.82, 2.24) is 4.72 Å². The molecule has 10 heteroatoms. The van der Waals surface area contributed by atoms with Gasteiger partial charge >= 0.3 is 0 Å². The Kier molecular flexibility index (Phi) is 8.16. The van der Waals surface area contributed by atoms with E-state index in [0.717, 1.165) is 5.56 Å². The van der Waals surface area contributed by atoms with Gasteiger partial charge in [-0.3, -0.25) is 4.79 Å². The van der Waals surface area contributed by atoms with Crippen LogP contribution in [0.5, 0.6) is 17.2 Å². The number of benzene rings is 3. The standard InChI is InChI=1S/C23H23ClN2O6S/c1-30-21-10-8-17(12-22(21)31-2)26-23(27)15-32-20-11-9-18(13-19(20)24)33(28,29)25-14-16-6-4-3-5-7-16/h3-13,25H,14-15H2,1-2H3,(H,26,27). The van der Waals surface area contributed by atoms with E-state index >= 15 is 0 Å². The Labute approximate surface area is 197 Å². The Hall–Kier alpha value is -3.27. The molecule has 0 saturated heterocycles. The molecule has 3 rings (SSSR count). The number of amides is 1. The highest BCUT2D eigenvalue weighted by Gasteiger charge is 2.17. The van der Waals surface area contributed by atoms with Gasteiger partial charge in [-0.05, 0) is 35.9 Å². The van der Waals surface area contributed by atoms with Gasteiger partial charge in [0, 0.05) is 18.3 Å². The smallest absolute Gasteiger partial charge is 0.262 e. The molecule has 3 aromatic carbocycles. The van der Waals surface area contributed by atoms with E-state index in [9.17, 15) is 13.2 Å². The van der Waals surface area contributed by atoms with Gasteiger partial charge in [0.2, 0.25) is 10.0 Å². The number of methoxy groups -OCH3 is 2. The minimum Gasteiger partial charge on any atom is -0.493 e. The van der Waals surface area contributed by atoms with Crippen molar-refractivity contribution in [2.24, 2.45) is 0 Å². The molecule has 0 saturated carbocycles. The van der Waals surface area contributed by atoms with Crippen LogP contribution in [0.3, 0.4) is 0 Å². The Bertz CT molecular complexity index is 1220. The first-order chi connectivity index (χ1) is 15.8. The molecular weight excluding hydrogens is 468 g/mol. The predicted octanol–water partition coefficient (Wildman–Crippen LogP) is 3.85. The second kappa shape index (κ2) is 11.0. The first-order valence-corrected chi connectivity index (χ1v) is 11.7. The van der Waals surface area contributed by atoms with E-state index < -0.39 is 15.9 Å². The SMILES string of the molecule is COc1ccc(NC(=O)COc2ccc(S(=O)(=O)NCc3ccccc3)cc2Cl)cc1OC. The van der Waals surface area contributed by atoms with Crippen molar-refractivity contribution in [3.63, 3.8) is 0 Å². The van der Waals surface area contributed by atoms with Gasteiger partial charge in [-0.2, -0.15) is 0 Å². The molecule has 1 amide bonds. The first-order valence-electron chi connectivity index (χ1n) is 9.80. The number of nitrogens with one attached hydrogen (secondary N) is 2. The van der Waals surface area contributed by atoms with Crippen LogP contribution < -0.4 is 24.2 Å². The van der Waals surface area contributed by atoms with Crippen LogP contribution in [-0.2, 0) is 21.4 Å². The van der Waals surface area contributed by atoms with Crippen LogP contribution in [0.25, 0.3) is 0 Å². The zero-order valence-corrected chi connectivity index (χ0v) is 19.6. The highest BCUT2D eigenvalue weighted by molar-refractivity contribution is 7.89. The normalized spacial score (nSPS) is 11.0. The monoisotopic (exact) mass is 490 g/mol. The summed E-state index contributed by atoms with van der Waals surface area (Å²) in [5.74, 6) is 0.754. The summed E-state index contributed by atoms with van der Waals surface area (Å²) in [6, 6.07) is 18.1.